The first-order valence-electron chi connectivity index (χ1n) is 5.31. The summed E-state index contributed by atoms with van der Waals surface area (Å²) in [7, 11) is 0. The zero-order valence-electron chi connectivity index (χ0n) is 8.51. The van der Waals surface area contributed by atoms with E-state index >= 15 is 0 Å². The van der Waals surface area contributed by atoms with E-state index in [-0.39, 0.29) is 6.03 Å². The molecule has 0 spiro atoms. The fraction of sp³-hybridized carbons (Fsp3) is 0.727. The van der Waals surface area contributed by atoms with Crippen LogP contribution in [0.5, 0.6) is 0 Å². The first-order chi connectivity index (χ1) is 6.83. The quantitative estimate of drug-likeness (QED) is 0.518. The third kappa shape index (κ3) is 4.18. The number of carbonyl (C=O) groups is 1. The highest BCUT2D eigenvalue weighted by atomic mass is 16.2. The Balaban J connectivity index is 2.01. The number of urea groups is 1. The molecule has 0 aromatic heterocycles. The van der Waals surface area contributed by atoms with E-state index in [4.69, 9.17) is 6.42 Å². The predicted octanol–water partition coefficient (Wildman–Crippen LogP) is 1.64. The van der Waals surface area contributed by atoms with E-state index in [1.165, 1.54) is 12.8 Å². The number of terminal acetylenes is 1. The molecule has 0 aliphatic heterocycles. The van der Waals surface area contributed by atoms with Gasteiger partial charge in [-0.2, -0.15) is 0 Å². The van der Waals surface area contributed by atoms with Crippen LogP contribution in [0.25, 0.3) is 0 Å². The zero-order valence-corrected chi connectivity index (χ0v) is 8.51. The Morgan fingerprint density at radius 3 is 2.79 bits per heavy atom. The van der Waals surface area contributed by atoms with Gasteiger partial charge in [-0.05, 0) is 19.3 Å². The van der Waals surface area contributed by atoms with Crippen molar-refractivity contribution in [1.29, 1.82) is 0 Å². The molecule has 1 saturated carbocycles. The average Bonchev–Trinajstić information content (AvgIpc) is 2.65. The zero-order chi connectivity index (χ0) is 10.2. The second-order valence-electron chi connectivity index (χ2n) is 3.69. The number of nitrogens with one attached hydrogen (secondary N) is 2. The average molecular weight is 194 g/mol. The highest BCUT2D eigenvalue weighted by Crippen LogP contribution is 2.17. The van der Waals surface area contributed by atoms with Gasteiger partial charge in [0, 0.05) is 19.0 Å². The van der Waals surface area contributed by atoms with Crippen molar-refractivity contribution in [3.05, 3.63) is 0 Å². The third-order valence-electron chi connectivity index (χ3n) is 2.47. The smallest absolute Gasteiger partial charge is 0.315 e. The number of carbonyl (C=O) groups excluding carboxylic acids is 1. The highest BCUT2D eigenvalue weighted by molar-refractivity contribution is 5.74. The largest absolute Gasteiger partial charge is 0.338 e. The van der Waals surface area contributed by atoms with Crippen molar-refractivity contribution in [3.63, 3.8) is 0 Å². The maximum atomic E-state index is 11.3. The van der Waals surface area contributed by atoms with Crippen LogP contribution in [-0.2, 0) is 0 Å². The summed E-state index contributed by atoms with van der Waals surface area (Å²) in [6, 6.07) is 0.344. The van der Waals surface area contributed by atoms with Crippen LogP contribution < -0.4 is 10.6 Å². The van der Waals surface area contributed by atoms with Crippen molar-refractivity contribution in [1.82, 2.24) is 10.6 Å². The molecule has 0 saturated heterocycles. The number of unbranched alkanes of at least 4 members (excludes halogenated alkanes) is 1. The normalized spacial score (nSPS) is 16.2. The van der Waals surface area contributed by atoms with E-state index in [2.05, 4.69) is 16.6 Å². The maximum Gasteiger partial charge on any atom is 0.315 e. The van der Waals surface area contributed by atoms with Crippen molar-refractivity contribution in [2.75, 3.05) is 6.54 Å². The molecule has 1 aliphatic rings. The molecular weight excluding hydrogens is 176 g/mol. The van der Waals surface area contributed by atoms with Gasteiger partial charge in [0.1, 0.15) is 0 Å². The van der Waals surface area contributed by atoms with Gasteiger partial charge in [-0.3, -0.25) is 0 Å². The van der Waals surface area contributed by atoms with E-state index in [1.54, 1.807) is 0 Å². The molecule has 3 heteroatoms. The van der Waals surface area contributed by atoms with E-state index in [0.29, 0.717) is 12.6 Å². The van der Waals surface area contributed by atoms with Gasteiger partial charge in [-0.1, -0.05) is 12.8 Å². The van der Waals surface area contributed by atoms with Crippen molar-refractivity contribution in [3.8, 4) is 12.3 Å². The minimum absolute atomic E-state index is 0.0473. The molecule has 0 radical (unpaired) electrons. The van der Waals surface area contributed by atoms with E-state index in [1.807, 2.05) is 0 Å². The molecule has 14 heavy (non-hydrogen) atoms. The maximum absolute atomic E-state index is 11.3. The molecule has 3 nitrogen and oxygen atoms in total. The minimum atomic E-state index is -0.0473. The Hall–Kier alpha value is -1.17. The summed E-state index contributed by atoms with van der Waals surface area (Å²) >= 11 is 0. The summed E-state index contributed by atoms with van der Waals surface area (Å²) in [5, 5.41) is 5.75. The van der Waals surface area contributed by atoms with E-state index in [0.717, 1.165) is 25.7 Å². The highest BCUT2D eigenvalue weighted by Gasteiger charge is 2.16. The van der Waals surface area contributed by atoms with E-state index < -0.39 is 0 Å². The Labute approximate surface area is 85.6 Å². The molecule has 1 fully saturated rings. The van der Waals surface area contributed by atoms with Crippen LogP contribution in [0, 0.1) is 12.3 Å². The molecule has 0 atom stereocenters. The van der Waals surface area contributed by atoms with Crippen LogP contribution in [0.15, 0.2) is 0 Å². The Kier molecular flexibility index (Phi) is 4.92. The Morgan fingerprint density at radius 2 is 2.14 bits per heavy atom. The van der Waals surface area contributed by atoms with Crippen molar-refractivity contribution >= 4 is 6.03 Å². The lowest BCUT2D eigenvalue weighted by Crippen LogP contribution is -2.41. The fourth-order valence-electron chi connectivity index (χ4n) is 1.70. The van der Waals surface area contributed by atoms with Crippen molar-refractivity contribution in [2.24, 2.45) is 0 Å². The molecule has 0 heterocycles. The summed E-state index contributed by atoms with van der Waals surface area (Å²) in [4.78, 5) is 11.3. The lowest BCUT2D eigenvalue weighted by Gasteiger charge is -2.12. The second kappa shape index (κ2) is 6.31. The lowest BCUT2D eigenvalue weighted by atomic mass is 10.2. The first kappa shape index (κ1) is 10.9. The molecule has 1 aliphatic carbocycles. The van der Waals surface area contributed by atoms with Gasteiger partial charge in [0.05, 0.1) is 0 Å². The molecule has 0 unspecified atom stereocenters. The molecule has 78 valence electrons. The Bertz CT molecular complexity index is 214. The van der Waals surface area contributed by atoms with Crippen molar-refractivity contribution in [2.45, 2.75) is 44.6 Å². The SMILES string of the molecule is C#CCCCNC(=O)NC1CCCC1. The summed E-state index contributed by atoms with van der Waals surface area (Å²) in [6.45, 7) is 0.669. The fourth-order valence-corrected chi connectivity index (χ4v) is 1.70. The number of hydrogen-bond donors (Lipinski definition) is 2. The van der Waals surface area contributed by atoms with Gasteiger partial charge in [0.2, 0.25) is 0 Å². The predicted molar refractivity (Wildman–Crippen MR) is 56.9 cm³/mol. The van der Waals surface area contributed by atoms with Gasteiger partial charge in [0.15, 0.2) is 0 Å². The summed E-state index contributed by atoms with van der Waals surface area (Å²) < 4.78 is 0. The van der Waals surface area contributed by atoms with Crippen LogP contribution in [0.3, 0.4) is 0 Å². The Morgan fingerprint density at radius 1 is 1.43 bits per heavy atom. The summed E-state index contributed by atoms with van der Waals surface area (Å²) in [5.41, 5.74) is 0. The van der Waals surface area contributed by atoms with Crippen LogP contribution >= 0.6 is 0 Å². The van der Waals surface area contributed by atoms with Gasteiger partial charge in [0.25, 0.3) is 0 Å². The topological polar surface area (TPSA) is 41.1 Å². The second-order valence-corrected chi connectivity index (χ2v) is 3.69. The van der Waals surface area contributed by atoms with Gasteiger partial charge >= 0.3 is 6.03 Å². The third-order valence-corrected chi connectivity index (χ3v) is 2.47. The van der Waals surface area contributed by atoms with Gasteiger partial charge in [-0.25, -0.2) is 4.79 Å². The molecule has 2 N–H and O–H groups in total. The van der Waals surface area contributed by atoms with E-state index in [9.17, 15) is 4.79 Å². The molecule has 0 aromatic carbocycles. The number of hydrogen-bond acceptors (Lipinski definition) is 1. The molecule has 0 aromatic rings. The summed E-state index contributed by atoms with van der Waals surface area (Å²) in [6.07, 6.45) is 11.4. The monoisotopic (exact) mass is 194 g/mol. The van der Waals surface area contributed by atoms with Crippen molar-refractivity contribution < 1.29 is 4.79 Å². The van der Waals surface area contributed by atoms with Crippen LogP contribution in [0.4, 0.5) is 4.79 Å². The van der Waals surface area contributed by atoms with Crippen LogP contribution in [0.2, 0.25) is 0 Å². The lowest BCUT2D eigenvalue weighted by molar-refractivity contribution is 0.237. The molecule has 1 rings (SSSR count). The van der Waals surface area contributed by atoms with Gasteiger partial charge < -0.3 is 10.6 Å². The molecule has 0 bridgehead atoms. The first-order valence-corrected chi connectivity index (χ1v) is 5.31. The standard InChI is InChI=1S/C11H18N2O/c1-2-3-6-9-12-11(14)13-10-7-4-5-8-10/h1,10H,3-9H2,(H2,12,13,14). The minimum Gasteiger partial charge on any atom is -0.338 e. The number of rotatable bonds is 4. The van der Waals surface area contributed by atoms with Crippen LogP contribution in [-0.4, -0.2) is 18.6 Å². The van der Waals surface area contributed by atoms with Gasteiger partial charge in [-0.15, -0.1) is 12.3 Å². The molecule has 2 amide bonds. The van der Waals surface area contributed by atoms with Crippen LogP contribution in [0.1, 0.15) is 38.5 Å². The number of amides is 2. The molecular formula is C11H18N2O. The summed E-state index contributed by atoms with van der Waals surface area (Å²) in [5.74, 6) is 2.54.